The van der Waals surface area contributed by atoms with Gasteiger partial charge in [0.2, 0.25) is 10.0 Å². The second-order valence-electron chi connectivity index (χ2n) is 2.92. The minimum atomic E-state index is -3.78. The van der Waals surface area contributed by atoms with E-state index < -0.39 is 15.8 Å². The summed E-state index contributed by atoms with van der Waals surface area (Å²) in [4.78, 5) is -0.209. The van der Waals surface area contributed by atoms with E-state index in [2.05, 4.69) is 9.46 Å². The molecule has 0 atom stereocenters. The smallest absolute Gasteiger partial charge is 0.240 e. The number of aliphatic hydroxyl groups excluding tert-OH is 1. The fourth-order valence-electron chi connectivity index (χ4n) is 1.08. The third-order valence-electron chi connectivity index (χ3n) is 1.84. The quantitative estimate of drug-likeness (QED) is 0.776. The first-order chi connectivity index (χ1) is 7.51. The molecule has 90 valence electrons. The van der Waals surface area contributed by atoms with Crippen LogP contribution in [0.3, 0.4) is 0 Å². The van der Waals surface area contributed by atoms with Gasteiger partial charge in [0.15, 0.2) is 11.6 Å². The molecule has 0 spiro atoms. The number of hydrogen-bond acceptors (Lipinski definition) is 4. The van der Waals surface area contributed by atoms with Crippen molar-refractivity contribution < 1.29 is 22.7 Å². The highest BCUT2D eigenvalue weighted by Crippen LogP contribution is 2.20. The summed E-state index contributed by atoms with van der Waals surface area (Å²) >= 11 is 0. The van der Waals surface area contributed by atoms with Crippen LogP contribution >= 0.6 is 0 Å². The number of halogens is 1. The summed E-state index contributed by atoms with van der Waals surface area (Å²) in [5, 5.41) is 8.49. The summed E-state index contributed by atoms with van der Waals surface area (Å²) in [5.74, 6) is -0.782. The molecule has 5 nitrogen and oxygen atoms in total. The minimum absolute atomic E-state index is 0.0268. The van der Waals surface area contributed by atoms with Gasteiger partial charge in [-0.3, -0.25) is 0 Å². The van der Waals surface area contributed by atoms with Gasteiger partial charge in [-0.15, -0.1) is 0 Å². The third kappa shape index (κ3) is 2.91. The molecule has 0 aliphatic rings. The van der Waals surface area contributed by atoms with E-state index in [0.29, 0.717) is 0 Å². The van der Waals surface area contributed by atoms with Crippen LogP contribution < -0.4 is 9.46 Å². The zero-order chi connectivity index (χ0) is 12.2. The molecular formula is C9H12FNO4S. The van der Waals surface area contributed by atoms with Gasteiger partial charge in [-0.25, -0.2) is 17.5 Å². The molecule has 0 aliphatic heterocycles. The Bertz CT molecular complexity index is 461. The number of hydrogen-bond donors (Lipinski definition) is 2. The van der Waals surface area contributed by atoms with Crippen LogP contribution in [-0.4, -0.2) is 33.8 Å². The Labute approximate surface area is 92.9 Å². The first-order valence-electron chi connectivity index (χ1n) is 4.45. The standard InChI is InChI=1S/C9H12FNO4S/c1-15-9-3-2-7(6-8(9)10)16(13,14)11-4-5-12/h2-3,6,11-12H,4-5H2,1H3. The van der Waals surface area contributed by atoms with Crippen molar-refractivity contribution in [2.75, 3.05) is 20.3 Å². The molecule has 0 bridgehead atoms. The molecule has 0 unspecified atom stereocenters. The Hall–Kier alpha value is -1.18. The van der Waals surface area contributed by atoms with Crippen LogP contribution in [0.1, 0.15) is 0 Å². The van der Waals surface area contributed by atoms with Crippen LogP contribution in [0, 0.1) is 5.82 Å². The molecule has 1 rings (SSSR count). The Morgan fingerprint density at radius 3 is 2.69 bits per heavy atom. The second kappa shape index (κ2) is 5.24. The van der Waals surface area contributed by atoms with Gasteiger partial charge in [0.1, 0.15) is 0 Å². The highest BCUT2D eigenvalue weighted by molar-refractivity contribution is 7.89. The predicted octanol–water partition coefficient (Wildman–Crippen LogP) is 0.105. The van der Waals surface area contributed by atoms with Gasteiger partial charge in [-0.2, -0.15) is 0 Å². The van der Waals surface area contributed by atoms with Crippen LogP contribution in [0.15, 0.2) is 23.1 Å². The number of aliphatic hydroxyl groups is 1. The first kappa shape index (κ1) is 12.9. The lowest BCUT2D eigenvalue weighted by atomic mass is 10.3. The highest BCUT2D eigenvalue weighted by Gasteiger charge is 2.15. The maximum Gasteiger partial charge on any atom is 0.240 e. The number of benzene rings is 1. The molecule has 1 aromatic rings. The van der Waals surface area contributed by atoms with Crippen LogP contribution in [0.5, 0.6) is 5.75 Å². The summed E-state index contributed by atoms with van der Waals surface area (Å²) in [5.41, 5.74) is 0. The van der Waals surface area contributed by atoms with Crippen molar-refractivity contribution in [2.45, 2.75) is 4.90 Å². The van der Waals surface area contributed by atoms with Crippen LogP contribution in [0.4, 0.5) is 4.39 Å². The number of sulfonamides is 1. The second-order valence-corrected chi connectivity index (χ2v) is 4.68. The summed E-state index contributed by atoms with van der Waals surface area (Å²) in [7, 11) is -2.49. The zero-order valence-corrected chi connectivity index (χ0v) is 9.42. The van der Waals surface area contributed by atoms with E-state index in [9.17, 15) is 12.8 Å². The molecule has 7 heteroatoms. The zero-order valence-electron chi connectivity index (χ0n) is 8.60. The molecule has 0 aromatic heterocycles. The average Bonchev–Trinajstić information content (AvgIpc) is 2.26. The molecule has 0 saturated carbocycles. The van der Waals surface area contributed by atoms with Crippen LogP contribution in [0.25, 0.3) is 0 Å². The van der Waals surface area contributed by atoms with Crippen molar-refractivity contribution in [1.82, 2.24) is 4.72 Å². The lowest BCUT2D eigenvalue weighted by Crippen LogP contribution is -2.26. The highest BCUT2D eigenvalue weighted by atomic mass is 32.2. The Morgan fingerprint density at radius 2 is 2.19 bits per heavy atom. The van der Waals surface area contributed by atoms with Crippen molar-refractivity contribution in [3.05, 3.63) is 24.0 Å². The Balaban J connectivity index is 3.01. The predicted molar refractivity (Wildman–Crippen MR) is 55.2 cm³/mol. The van der Waals surface area contributed by atoms with Crippen molar-refractivity contribution >= 4 is 10.0 Å². The molecule has 2 N–H and O–H groups in total. The first-order valence-corrected chi connectivity index (χ1v) is 5.93. The van der Waals surface area contributed by atoms with Gasteiger partial charge >= 0.3 is 0 Å². The fourth-order valence-corrected chi connectivity index (χ4v) is 2.11. The molecular weight excluding hydrogens is 237 g/mol. The molecule has 0 heterocycles. The lowest BCUT2D eigenvalue weighted by Gasteiger charge is -2.07. The largest absolute Gasteiger partial charge is 0.494 e. The van der Waals surface area contributed by atoms with E-state index in [1.807, 2.05) is 0 Å². The summed E-state index contributed by atoms with van der Waals surface area (Å²) in [6.45, 7) is -0.437. The van der Waals surface area contributed by atoms with E-state index in [0.717, 1.165) is 6.07 Å². The number of ether oxygens (including phenoxy) is 1. The molecule has 0 amide bonds. The van der Waals surface area contributed by atoms with Gasteiger partial charge < -0.3 is 9.84 Å². The number of nitrogens with one attached hydrogen (secondary N) is 1. The van der Waals surface area contributed by atoms with Gasteiger partial charge in [0.25, 0.3) is 0 Å². The Morgan fingerprint density at radius 1 is 1.50 bits per heavy atom. The fraction of sp³-hybridized carbons (Fsp3) is 0.333. The molecule has 0 radical (unpaired) electrons. The SMILES string of the molecule is COc1ccc(S(=O)(=O)NCCO)cc1F. The number of rotatable bonds is 5. The monoisotopic (exact) mass is 249 g/mol. The molecule has 16 heavy (non-hydrogen) atoms. The van der Waals surface area contributed by atoms with Crippen LogP contribution in [-0.2, 0) is 10.0 Å². The van der Waals surface area contributed by atoms with Gasteiger partial charge in [-0.05, 0) is 18.2 Å². The molecule has 0 saturated heterocycles. The lowest BCUT2D eigenvalue weighted by molar-refractivity contribution is 0.301. The minimum Gasteiger partial charge on any atom is -0.494 e. The van der Waals surface area contributed by atoms with E-state index in [1.54, 1.807) is 0 Å². The van der Waals surface area contributed by atoms with E-state index in [1.165, 1.54) is 19.2 Å². The van der Waals surface area contributed by atoms with Crippen molar-refractivity contribution in [2.24, 2.45) is 0 Å². The summed E-state index contributed by atoms with van der Waals surface area (Å²) in [6, 6.07) is 3.31. The Kier molecular flexibility index (Phi) is 4.22. The topological polar surface area (TPSA) is 75.6 Å². The maximum atomic E-state index is 13.2. The van der Waals surface area contributed by atoms with Gasteiger partial charge in [0, 0.05) is 6.54 Å². The average molecular weight is 249 g/mol. The van der Waals surface area contributed by atoms with E-state index in [4.69, 9.17) is 5.11 Å². The summed E-state index contributed by atoms with van der Waals surface area (Å²) in [6.07, 6.45) is 0. The van der Waals surface area contributed by atoms with E-state index in [-0.39, 0.29) is 23.8 Å². The summed E-state index contributed by atoms with van der Waals surface area (Å²) < 4.78 is 43.0. The van der Waals surface area contributed by atoms with Crippen molar-refractivity contribution in [3.63, 3.8) is 0 Å². The van der Waals surface area contributed by atoms with Crippen molar-refractivity contribution in [1.29, 1.82) is 0 Å². The number of methoxy groups -OCH3 is 1. The molecule has 0 aliphatic carbocycles. The van der Waals surface area contributed by atoms with Gasteiger partial charge in [0.05, 0.1) is 18.6 Å². The normalized spacial score (nSPS) is 11.4. The van der Waals surface area contributed by atoms with E-state index >= 15 is 0 Å². The van der Waals surface area contributed by atoms with Gasteiger partial charge in [-0.1, -0.05) is 0 Å². The molecule has 0 fully saturated rings. The third-order valence-corrected chi connectivity index (χ3v) is 3.30. The maximum absolute atomic E-state index is 13.2. The molecule has 1 aromatic carbocycles. The van der Waals surface area contributed by atoms with Crippen molar-refractivity contribution in [3.8, 4) is 5.75 Å². The van der Waals surface area contributed by atoms with Crippen LogP contribution in [0.2, 0.25) is 0 Å².